The van der Waals surface area contributed by atoms with Gasteiger partial charge in [-0.2, -0.15) is 4.98 Å². The molecule has 224 valence electrons. The minimum atomic E-state index is -0.434. The minimum absolute atomic E-state index is 0.152. The zero-order chi connectivity index (χ0) is 33.8. The number of pyridine rings is 1. The summed E-state index contributed by atoms with van der Waals surface area (Å²) >= 11 is 0. The van der Waals surface area contributed by atoms with Crippen LogP contribution in [0.3, 0.4) is 0 Å². The van der Waals surface area contributed by atoms with E-state index < -0.39 is 11.8 Å². The Bertz CT molecular complexity index is 1920. The number of ether oxygens (including phenoxy) is 1. The molecule has 5 aromatic rings. The number of phenolic OH excluding ortho intramolecular Hbond substituents is 1. The van der Waals surface area contributed by atoms with Crippen LogP contribution in [0.4, 0.5) is 5.95 Å². The summed E-state index contributed by atoms with van der Waals surface area (Å²) in [5, 5.41) is 19.0. The summed E-state index contributed by atoms with van der Waals surface area (Å²) in [5.41, 5.74) is 13.5. The number of aromatic hydroxyl groups is 1. The fraction of sp³-hybridized carbons (Fsp3) is 0.222. The van der Waals surface area contributed by atoms with E-state index in [4.69, 9.17) is 14.7 Å². The number of nitrogens with one attached hydrogen (secondary N) is 1. The number of aromatic nitrogens is 6. The van der Waals surface area contributed by atoms with Crippen LogP contribution in [0.2, 0.25) is 0 Å². The molecule has 5 rings (SSSR count). The Kier molecular flexibility index (Phi) is 9.08. The molecule has 0 saturated heterocycles. The van der Waals surface area contributed by atoms with Crippen molar-refractivity contribution in [3.05, 3.63) is 34.9 Å². The SMILES string of the molecule is Bc1c(B)c(B)c(C(c2c(B)c(B)c(B)c(B)c2O)c2nc3nc(OC)c(C(=O)Nc4ncn(CC)n4)cc3n2CC)c(B)c1B. The van der Waals surface area contributed by atoms with Crippen LogP contribution >= 0.6 is 0 Å². The molecule has 0 spiro atoms. The number of hydrogen-bond donors (Lipinski definition) is 2. The third-order valence-electron chi connectivity index (χ3n) is 10.2. The molecule has 46 heavy (non-hydrogen) atoms. The quantitative estimate of drug-likeness (QED) is 0.169. The lowest BCUT2D eigenvalue weighted by molar-refractivity contribution is 0.102. The summed E-state index contributed by atoms with van der Waals surface area (Å²) in [5.74, 6) is 0.528. The van der Waals surface area contributed by atoms with Crippen LogP contribution < -0.4 is 59.2 Å². The number of fused-ring (bicyclic) bond motifs is 1. The predicted molar refractivity (Wildman–Crippen MR) is 212 cm³/mol. The van der Waals surface area contributed by atoms with Gasteiger partial charge in [0.1, 0.15) is 94.1 Å². The molecule has 3 aromatic heterocycles. The standard InChI is InChI=1S/C27H36B9N7O3/c1-4-42-7-37-27(41-42)40-25(45)8-6-9-23(39-26(8)46-3)38-24(43(9)5-2)10(11-13(28)16(31)19(34)17(32)14(11)29)12-15(30)18(33)20(35)21(36)22(12)44/h6-7,10,44H,4-5,28-36H2,1-3H3,(H,40,41,45). The minimum Gasteiger partial charge on any atom is -0.508 e. The number of phenols is 1. The van der Waals surface area contributed by atoms with Crippen molar-refractivity contribution in [3.8, 4) is 11.6 Å². The number of carbonyl (C=O) groups excluding carboxylic acids is 1. The average molecular weight is 604 g/mol. The summed E-state index contributed by atoms with van der Waals surface area (Å²) in [6.07, 6.45) is 1.57. The summed E-state index contributed by atoms with van der Waals surface area (Å²) in [7, 11) is 20.5. The van der Waals surface area contributed by atoms with E-state index in [1.807, 2.05) is 14.8 Å². The van der Waals surface area contributed by atoms with Crippen LogP contribution in [-0.4, -0.2) is 118 Å². The number of carbonyl (C=O) groups is 1. The van der Waals surface area contributed by atoms with Crippen molar-refractivity contribution in [1.82, 2.24) is 29.3 Å². The molecule has 0 saturated carbocycles. The highest BCUT2D eigenvalue weighted by Crippen LogP contribution is 2.35. The van der Waals surface area contributed by atoms with Crippen molar-refractivity contribution in [2.75, 3.05) is 12.4 Å². The van der Waals surface area contributed by atoms with E-state index in [-0.39, 0.29) is 23.1 Å². The number of anilines is 1. The molecule has 1 atom stereocenters. The van der Waals surface area contributed by atoms with Gasteiger partial charge >= 0.3 is 0 Å². The van der Waals surface area contributed by atoms with E-state index >= 15 is 0 Å². The van der Waals surface area contributed by atoms with Crippen molar-refractivity contribution in [2.24, 2.45) is 0 Å². The highest BCUT2D eigenvalue weighted by Gasteiger charge is 2.33. The average Bonchev–Trinajstić information content (AvgIpc) is 3.66. The van der Waals surface area contributed by atoms with Gasteiger partial charge in [0.15, 0.2) is 5.65 Å². The summed E-state index contributed by atoms with van der Waals surface area (Å²) in [6.45, 7) is 5.19. The first-order valence-electron chi connectivity index (χ1n) is 15.8. The number of aryl methyl sites for hydroxylation is 2. The topological polar surface area (TPSA) is 120 Å². The van der Waals surface area contributed by atoms with Crippen molar-refractivity contribution in [3.63, 3.8) is 0 Å². The molecule has 1 unspecified atom stereocenters. The molecule has 0 radical (unpaired) electrons. The third-order valence-corrected chi connectivity index (χ3v) is 10.2. The van der Waals surface area contributed by atoms with Gasteiger partial charge in [-0.05, 0) is 25.5 Å². The van der Waals surface area contributed by atoms with E-state index in [2.05, 4.69) is 89.7 Å². The van der Waals surface area contributed by atoms with Gasteiger partial charge in [0.05, 0.1) is 18.5 Å². The summed E-state index contributed by atoms with van der Waals surface area (Å²) in [4.78, 5) is 27.6. The molecule has 0 aliphatic heterocycles. The first-order chi connectivity index (χ1) is 21.8. The van der Waals surface area contributed by atoms with Crippen LogP contribution in [0, 0.1) is 0 Å². The predicted octanol–water partition coefficient (Wildman–Crippen LogP) is -11.5. The molecular weight excluding hydrogens is 568 g/mol. The Morgan fingerprint density at radius 3 is 1.96 bits per heavy atom. The molecule has 0 bridgehead atoms. The second-order valence-electron chi connectivity index (χ2n) is 12.2. The number of benzene rings is 2. The lowest BCUT2D eigenvalue weighted by Gasteiger charge is -2.31. The molecule has 3 heterocycles. The molecular formula is C27H36B9N7O3. The van der Waals surface area contributed by atoms with Gasteiger partial charge in [-0.1, -0.05) is 27.3 Å². The smallest absolute Gasteiger partial charge is 0.263 e. The van der Waals surface area contributed by atoms with Gasteiger partial charge in [-0.25, -0.2) is 9.97 Å². The molecule has 19 heteroatoms. The van der Waals surface area contributed by atoms with Gasteiger partial charge in [-0.3, -0.25) is 14.8 Å². The Balaban J connectivity index is 1.83. The lowest BCUT2D eigenvalue weighted by atomic mass is 9.57. The molecule has 0 aliphatic rings. The fourth-order valence-electron chi connectivity index (χ4n) is 6.63. The summed E-state index contributed by atoms with van der Waals surface area (Å²) < 4.78 is 9.34. The van der Waals surface area contributed by atoms with Gasteiger partial charge in [0, 0.05) is 18.7 Å². The largest absolute Gasteiger partial charge is 0.508 e. The Morgan fingerprint density at radius 2 is 1.41 bits per heavy atom. The number of imidazole rings is 1. The number of nitrogens with zero attached hydrogens (tertiary/aromatic N) is 6. The summed E-state index contributed by atoms with van der Waals surface area (Å²) in [6, 6.07) is 1.77. The lowest BCUT2D eigenvalue weighted by Crippen LogP contribution is -2.57. The normalized spacial score (nSPS) is 12.0. The van der Waals surface area contributed by atoms with E-state index in [0.29, 0.717) is 24.3 Å². The Morgan fingerprint density at radius 1 is 0.848 bits per heavy atom. The Labute approximate surface area is 278 Å². The second-order valence-corrected chi connectivity index (χ2v) is 12.2. The van der Waals surface area contributed by atoms with Crippen molar-refractivity contribution >= 4 is 143 Å². The van der Waals surface area contributed by atoms with Gasteiger partial charge in [-0.15, -0.1) is 26.9 Å². The van der Waals surface area contributed by atoms with Crippen LogP contribution in [0.25, 0.3) is 11.2 Å². The first-order valence-corrected chi connectivity index (χ1v) is 15.8. The van der Waals surface area contributed by atoms with Gasteiger partial charge in [0.25, 0.3) is 5.91 Å². The molecule has 1 amide bonds. The van der Waals surface area contributed by atoms with E-state index in [1.54, 1.807) is 17.1 Å². The van der Waals surface area contributed by atoms with Crippen LogP contribution in [0.1, 0.15) is 47.1 Å². The van der Waals surface area contributed by atoms with Gasteiger partial charge in [0.2, 0.25) is 11.8 Å². The number of rotatable bonds is 8. The molecule has 0 fully saturated rings. The van der Waals surface area contributed by atoms with Gasteiger partial charge < -0.3 is 14.4 Å². The maximum absolute atomic E-state index is 13.5. The van der Waals surface area contributed by atoms with E-state index in [1.165, 1.54) is 34.4 Å². The molecule has 0 aliphatic carbocycles. The van der Waals surface area contributed by atoms with E-state index in [9.17, 15) is 9.90 Å². The maximum Gasteiger partial charge on any atom is 0.263 e. The number of hydrogen-bond acceptors (Lipinski definition) is 7. The van der Waals surface area contributed by atoms with E-state index in [0.717, 1.165) is 38.8 Å². The second kappa shape index (κ2) is 12.6. The Hall–Kier alpha value is -4.15. The van der Waals surface area contributed by atoms with Crippen LogP contribution in [-0.2, 0) is 13.1 Å². The van der Waals surface area contributed by atoms with Crippen molar-refractivity contribution < 1.29 is 14.6 Å². The number of amides is 1. The highest BCUT2D eigenvalue weighted by molar-refractivity contribution is 6.67. The van der Waals surface area contributed by atoms with Crippen LogP contribution in [0.15, 0.2) is 12.4 Å². The fourth-order valence-corrected chi connectivity index (χ4v) is 6.63. The third kappa shape index (κ3) is 5.27. The zero-order valence-corrected chi connectivity index (χ0v) is 29.1. The molecule has 2 aromatic carbocycles. The molecule has 10 nitrogen and oxygen atoms in total. The maximum atomic E-state index is 13.5. The van der Waals surface area contributed by atoms with Crippen LogP contribution in [0.5, 0.6) is 11.6 Å². The first kappa shape index (κ1) is 33.2. The monoisotopic (exact) mass is 605 g/mol. The highest BCUT2D eigenvalue weighted by atomic mass is 16.5. The zero-order valence-electron chi connectivity index (χ0n) is 29.1. The van der Waals surface area contributed by atoms with Crippen molar-refractivity contribution in [2.45, 2.75) is 32.9 Å². The van der Waals surface area contributed by atoms with Crippen molar-refractivity contribution in [1.29, 1.82) is 0 Å². The number of methoxy groups -OCH3 is 1. The molecule has 2 N–H and O–H groups in total.